The van der Waals surface area contributed by atoms with E-state index in [0.29, 0.717) is 24.4 Å². The Hall–Kier alpha value is -2.08. The molecule has 6 nitrogen and oxygen atoms in total. The van der Waals surface area contributed by atoms with E-state index >= 15 is 0 Å². The molecule has 0 saturated heterocycles. The smallest absolute Gasteiger partial charge is 0.262 e. The molecule has 1 atom stereocenters. The molecule has 0 bridgehead atoms. The summed E-state index contributed by atoms with van der Waals surface area (Å²) in [7, 11) is 3.50. The first-order chi connectivity index (χ1) is 9.97. The Morgan fingerprint density at radius 2 is 2.24 bits per heavy atom. The molecule has 0 saturated carbocycles. The molecule has 1 heterocycles. The van der Waals surface area contributed by atoms with Crippen LogP contribution in [-0.2, 0) is 9.59 Å². The summed E-state index contributed by atoms with van der Waals surface area (Å²) in [5.74, 6) is 0.644. The Kier molecular flexibility index (Phi) is 4.80. The molecule has 1 aliphatic rings. The van der Waals surface area contributed by atoms with E-state index in [1.807, 2.05) is 25.1 Å². The van der Waals surface area contributed by atoms with Gasteiger partial charge in [0.1, 0.15) is 5.75 Å². The fourth-order valence-corrected chi connectivity index (χ4v) is 2.11. The van der Waals surface area contributed by atoms with Crippen molar-refractivity contribution in [3.63, 3.8) is 0 Å². The molecule has 1 aromatic rings. The van der Waals surface area contributed by atoms with Crippen LogP contribution in [0.4, 0.5) is 5.69 Å². The highest BCUT2D eigenvalue weighted by Gasteiger charge is 2.17. The molecular formula is C15H21N3O3. The third kappa shape index (κ3) is 3.95. The second kappa shape index (κ2) is 6.58. The molecule has 0 aliphatic carbocycles. The Morgan fingerprint density at radius 1 is 1.48 bits per heavy atom. The number of carbonyl (C=O) groups excluding carboxylic acids is 2. The third-order valence-corrected chi connectivity index (χ3v) is 3.42. The number of rotatable bonds is 5. The lowest BCUT2D eigenvalue weighted by molar-refractivity contribution is -0.128. The summed E-state index contributed by atoms with van der Waals surface area (Å²) >= 11 is 0. The molecule has 114 valence electrons. The highest BCUT2D eigenvalue weighted by atomic mass is 16.5. The number of anilines is 1. The highest BCUT2D eigenvalue weighted by Crippen LogP contribution is 2.30. The van der Waals surface area contributed by atoms with Crippen molar-refractivity contribution in [1.29, 1.82) is 0 Å². The number of carbonyl (C=O) groups is 2. The SMILES string of the molecule is CC(NCCC(=O)N(C)C)c1ccc2c(c1)NC(=O)CO2. The second-order valence-corrected chi connectivity index (χ2v) is 5.31. The predicted molar refractivity (Wildman–Crippen MR) is 80.3 cm³/mol. The maximum Gasteiger partial charge on any atom is 0.262 e. The van der Waals surface area contributed by atoms with Crippen molar-refractivity contribution in [2.24, 2.45) is 0 Å². The number of amides is 2. The van der Waals surface area contributed by atoms with Gasteiger partial charge in [-0.15, -0.1) is 0 Å². The molecular weight excluding hydrogens is 270 g/mol. The van der Waals surface area contributed by atoms with Gasteiger partial charge in [-0.25, -0.2) is 0 Å². The Morgan fingerprint density at radius 3 is 2.95 bits per heavy atom. The van der Waals surface area contributed by atoms with E-state index in [9.17, 15) is 9.59 Å². The van der Waals surface area contributed by atoms with Crippen LogP contribution in [0.1, 0.15) is 24.9 Å². The lowest BCUT2D eigenvalue weighted by Crippen LogP contribution is -2.28. The maximum atomic E-state index is 11.5. The number of nitrogens with one attached hydrogen (secondary N) is 2. The minimum Gasteiger partial charge on any atom is -0.482 e. The van der Waals surface area contributed by atoms with E-state index in [-0.39, 0.29) is 24.5 Å². The molecule has 2 rings (SSSR count). The minimum absolute atomic E-state index is 0.0623. The van der Waals surface area contributed by atoms with Crippen LogP contribution in [0.25, 0.3) is 0 Å². The van der Waals surface area contributed by atoms with Gasteiger partial charge >= 0.3 is 0 Å². The van der Waals surface area contributed by atoms with E-state index in [0.717, 1.165) is 5.56 Å². The summed E-state index contributed by atoms with van der Waals surface area (Å²) in [6.07, 6.45) is 0.460. The Labute approximate surface area is 124 Å². The number of fused-ring (bicyclic) bond motifs is 1. The molecule has 0 radical (unpaired) electrons. The van der Waals surface area contributed by atoms with Crippen molar-refractivity contribution in [3.8, 4) is 5.75 Å². The Bertz CT molecular complexity index is 543. The van der Waals surface area contributed by atoms with Crippen molar-refractivity contribution in [2.45, 2.75) is 19.4 Å². The number of nitrogens with zero attached hydrogens (tertiary/aromatic N) is 1. The van der Waals surface area contributed by atoms with Gasteiger partial charge in [-0.1, -0.05) is 6.07 Å². The van der Waals surface area contributed by atoms with Crippen molar-refractivity contribution >= 4 is 17.5 Å². The fourth-order valence-electron chi connectivity index (χ4n) is 2.11. The molecule has 2 N–H and O–H groups in total. The molecule has 1 unspecified atom stereocenters. The summed E-state index contributed by atoms with van der Waals surface area (Å²) < 4.78 is 5.33. The summed E-state index contributed by atoms with van der Waals surface area (Å²) in [5.41, 5.74) is 1.73. The lowest BCUT2D eigenvalue weighted by Gasteiger charge is -2.21. The van der Waals surface area contributed by atoms with Crippen LogP contribution in [0.3, 0.4) is 0 Å². The van der Waals surface area contributed by atoms with Gasteiger partial charge in [-0.05, 0) is 24.6 Å². The van der Waals surface area contributed by atoms with Gasteiger partial charge < -0.3 is 20.3 Å². The van der Waals surface area contributed by atoms with Gasteiger partial charge in [0.05, 0.1) is 5.69 Å². The second-order valence-electron chi connectivity index (χ2n) is 5.31. The minimum atomic E-state index is -0.142. The molecule has 1 aliphatic heterocycles. The van der Waals surface area contributed by atoms with E-state index in [1.165, 1.54) is 0 Å². The third-order valence-electron chi connectivity index (χ3n) is 3.42. The van der Waals surface area contributed by atoms with Crippen LogP contribution in [0, 0.1) is 0 Å². The molecule has 0 spiro atoms. The van der Waals surface area contributed by atoms with E-state index in [2.05, 4.69) is 10.6 Å². The standard InChI is InChI=1S/C15H21N3O3/c1-10(16-7-6-15(20)18(2)3)11-4-5-13-12(8-11)17-14(19)9-21-13/h4-5,8,10,16H,6-7,9H2,1-3H3,(H,17,19). The molecule has 2 amide bonds. The van der Waals surface area contributed by atoms with Crippen LogP contribution >= 0.6 is 0 Å². The van der Waals surface area contributed by atoms with Crippen molar-refractivity contribution in [1.82, 2.24) is 10.2 Å². The Balaban J connectivity index is 1.94. The summed E-state index contributed by atoms with van der Waals surface area (Å²) in [5, 5.41) is 6.09. The van der Waals surface area contributed by atoms with Crippen LogP contribution < -0.4 is 15.4 Å². The van der Waals surface area contributed by atoms with Gasteiger partial charge in [0.2, 0.25) is 5.91 Å². The first-order valence-corrected chi connectivity index (χ1v) is 6.97. The first-order valence-electron chi connectivity index (χ1n) is 6.97. The van der Waals surface area contributed by atoms with Crippen molar-refractivity contribution in [2.75, 3.05) is 32.6 Å². The summed E-state index contributed by atoms with van der Waals surface area (Å²) in [4.78, 5) is 24.4. The van der Waals surface area contributed by atoms with Crippen LogP contribution in [0.15, 0.2) is 18.2 Å². The van der Waals surface area contributed by atoms with Crippen molar-refractivity contribution < 1.29 is 14.3 Å². The average molecular weight is 291 g/mol. The summed E-state index contributed by atoms with van der Waals surface area (Å²) in [6.45, 7) is 2.69. The zero-order valence-corrected chi connectivity index (χ0v) is 12.6. The number of ether oxygens (including phenoxy) is 1. The zero-order chi connectivity index (χ0) is 15.4. The molecule has 0 fully saturated rings. The van der Waals surface area contributed by atoms with E-state index < -0.39 is 0 Å². The van der Waals surface area contributed by atoms with Gasteiger partial charge in [-0.3, -0.25) is 9.59 Å². The molecule has 6 heteroatoms. The number of hydrogen-bond acceptors (Lipinski definition) is 4. The van der Waals surface area contributed by atoms with E-state index in [1.54, 1.807) is 19.0 Å². The predicted octanol–water partition coefficient (Wildman–Crippen LogP) is 1.15. The number of benzene rings is 1. The zero-order valence-electron chi connectivity index (χ0n) is 12.6. The fraction of sp³-hybridized carbons (Fsp3) is 0.467. The molecule has 0 aromatic heterocycles. The van der Waals surface area contributed by atoms with Crippen molar-refractivity contribution in [3.05, 3.63) is 23.8 Å². The molecule has 1 aromatic carbocycles. The van der Waals surface area contributed by atoms with Crippen LogP contribution in [-0.4, -0.2) is 44.0 Å². The van der Waals surface area contributed by atoms with Crippen LogP contribution in [0.5, 0.6) is 5.75 Å². The van der Waals surface area contributed by atoms with E-state index in [4.69, 9.17) is 4.74 Å². The van der Waals surface area contributed by atoms with Gasteiger partial charge in [-0.2, -0.15) is 0 Å². The monoisotopic (exact) mass is 291 g/mol. The average Bonchev–Trinajstić information content (AvgIpc) is 2.45. The largest absolute Gasteiger partial charge is 0.482 e. The maximum absolute atomic E-state index is 11.5. The van der Waals surface area contributed by atoms with Gasteiger partial charge in [0, 0.05) is 33.1 Å². The normalized spacial score (nSPS) is 14.7. The summed E-state index contributed by atoms with van der Waals surface area (Å²) in [6, 6.07) is 5.80. The quantitative estimate of drug-likeness (QED) is 0.853. The highest BCUT2D eigenvalue weighted by molar-refractivity contribution is 5.95. The number of hydrogen-bond donors (Lipinski definition) is 2. The lowest BCUT2D eigenvalue weighted by atomic mass is 10.1. The van der Waals surface area contributed by atoms with Gasteiger partial charge in [0.25, 0.3) is 5.91 Å². The molecule has 21 heavy (non-hydrogen) atoms. The van der Waals surface area contributed by atoms with Gasteiger partial charge in [0.15, 0.2) is 6.61 Å². The van der Waals surface area contributed by atoms with Crippen LogP contribution in [0.2, 0.25) is 0 Å². The topological polar surface area (TPSA) is 70.7 Å². The first kappa shape index (κ1) is 15.3.